The molecule has 0 bridgehead atoms. The second kappa shape index (κ2) is 6.41. The molecular formula is C17H19N3O. The Morgan fingerprint density at radius 1 is 1.19 bits per heavy atom. The topological polar surface area (TPSA) is 39.1 Å². The fourth-order valence-corrected chi connectivity index (χ4v) is 2.42. The first-order chi connectivity index (χ1) is 10.4. The molecule has 3 rings (SSSR count). The van der Waals surface area contributed by atoms with Crippen LogP contribution < -0.4 is 10.1 Å². The molecule has 1 N–H and O–H groups in total. The fraction of sp³-hybridized carbons (Fsp3) is 0.235. The van der Waals surface area contributed by atoms with Gasteiger partial charge in [0.05, 0.1) is 12.8 Å². The summed E-state index contributed by atoms with van der Waals surface area (Å²) < 4.78 is 7.50. The summed E-state index contributed by atoms with van der Waals surface area (Å²) in [6.45, 7) is 2.64. The third-order valence-corrected chi connectivity index (χ3v) is 3.54. The van der Waals surface area contributed by atoms with Crippen LogP contribution in [-0.2, 0) is 13.1 Å². The van der Waals surface area contributed by atoms with Crippen molar-refractivity contribution in [3.8, 4) is 5.75 Å². The van der Waals surface area contributed by atoms with Crippen LogP contribution in [0.3, 0.4) is 0 Å². The Kier molecular flexibility index (Phi) is 4.17. The third kappa shape index (κ3) is 3.23. The number of rotatable bonds is 6. The average molecular weight is 281 g/mol. The van der Waals surface area contributed by atoms with Crippen molar-refractivity contribution in [2.24, 2.45) is 0 Å². The summed E-state index contributed by atoms with van der Waals surface area (Å²) in [5, 5.41) is 4.63. The van der Waals surface area contributed by atoms with Gasteiger partial charge in [-0.2, -0.15) is 0 Å². The average Bonchev–Trinajstić information content (AvgIpc) is 2.95. The number of nitrogens with zero attached hydrogens (tertiary/aromatic N) is 2. The van der Waals surface area contributed by atoms with Crippen LogP contribution >= 0.6 is 0 Å². The molecule has 0 unspecified atom stereocenters. The van der Waals surface area contributed by atoms with Gasteiger partial charge in [0.15, 0.2) is 0 Å². The Hall–Kier alpha value is -2.33. The van der Waals surface area contributed by atoms with Gasteiger partial charge in [0, 0.05) is 42.9 Å². The molecule has 0 aliphatic heterocycles. The van der Waals surface area contributed by atoms with Crippen LogP contribution in [0.25, 0.3) is 10.9 Å². The molecule has 108 valence electrons. The molecule has 0 amide bonds. The molecule has 0 spiro atoms. The molecule has 0 aliphatic carbocycles. The zero-order valence-corrected chi connectivity index (χ0v) is 12.1. The predicted octanol–water partition coefficient (Wildman–Crippen LogP) is 2.83. The zero-order valence-electron chi connectivity index (χ0n) is 12.1. The van der Waals surface area contributed by atoms with Crippen molar-refractivity contribution in [2.45, 2.75) is 13.1 Å². The minimum atomic E-state index is 0.799. The van der Waals surface area contributed by atoms with Crippen molar-refractivity contribution in [1.82, 2.24) is 14.9 Å². The molecule has 0 saturated carbocycles. The van der Waals surface area contributed by atoms with Gasteiger partial charge in [-0.25, -0.2) is 0 Å². The highest BCUT2D eigenvalue weighted by molar-refractivity contribution is 5.81. The van der Waals surface area contributed by atoms with E-state index in [1.54, 1.807) is 7.11 Å². The van der Waals surface area contributed by atoms with Gasteiger partial charge in [-0.05, 0) is 36.4 Å². The number of hydrogen-bond donors (Lipinski definition) is 1. The second-order valence-electron chi connectivity index (χ2n) is 4.93. The molecule has 0 saturated heterocycles. The molecule has 21 heavy (non-hydrogen) atoms. The summed E-state index contributed by atoms with van der Waals surface area (Å²) in [5.74, 6) is 0.897. The number of aromatic nitrogens is 2. The van der Waals surface area contributed by atoms with Crippen molar-refractivity contribution in [3.63, 3.8) is 0 Å². The van der Waals surface area contributed by atoms with Gasteiger partial charge in [0.1, 0.15) is 5.75 Å². The molecule has 1 aromatic carbocycles. The molecule has 2 heterocycles. The Labute approximate surface area is 124 Å². The van der Waals surface area contributed by atoms with Crippen LogP contribution in [0.2, 0.25) is 0 Å². The van der Waals surface area contributed by atoms with Crippen LogP contribution in [0.5, 0.6) is 5.75 Å². The third-order valence-electron chi connectivity index (χ3n) is 3.54. The number of nitrogens with one attached hydrogen (secondary N) is 1. The first-order valence-electron chi connectivity index (χ1n) is 7.10. The lowest BCUT2D eigenvalue weighted by Gasteiger charge is -2.07. The van der Waals surface area contributed by atoms with E-state index in [1.807, 2.05) is 30.5 Å². The zero-order chi connectivity index (χ0) is 14.5. The van der Waals surface area contributed by atoms with E-state index in [2.05, 4.69) is 39.3 Å². The lowest BCUT2D eigenvalue weighted by atomic mass is 10.2. The van der Waals surface area contributed by atoms with Crippen LogP contribution in [-0.4, -0.2) is 23.2 Å². The maximum Gasteiger partial charge on any atom is 0.119 e. The van der Waals surface area contributed by atoms with E-state index < -0.39 is 0 Å². The van der Waals surface area contributed by atoms with Crippen molar-refractivity contribution >= 4 is 10.9 Å². The molecular weight excluding hydrogens is 262 g/mol. The van der Waals surface area contributed by atoms with Crippen molar-refractivity contribution in [3.05, 3.63) is 60.6 Å². The van der Waals surface area contributed by atoms with Crippen molar-refractivity contribution in [1.29, 1.82) is 0 Å². The molecule has 0 fully saturated rings. The number of pyridine rings is 1. The smallest absolute Gasteiger partial charge is 0.119 e. The number of fused-ring (bicyclic) bond motifs is 1. The number of hydrogen-bond acceptors (Lipinski definition) is 3. The van der Waals surface area contributed by atoms with Gasteiger partial charge in [0.25, 0.3) is 0 Å². The monoisotopic (exact) mass is 281 g/mol. The Balaban J connectivity index is 1.58. The maximum absolute atomic E-state index is 5.25. The standard InChI is InChI=1S/C17H19N3O/c1-21-16-5-6-17-14(12-16)7-10-20(17)11-9-18-13-15-4-2-3-8-19-15/h2-8,10,12,18H,9,11,13H2,1H3. The van der Waals surface area contributed by atoms with E-state index in [0.29, 0.717) is 0 Å². The number of benzene rings is 1. The summed E-state index contributed by atoms with van der Waals surface area (Å²) in [7, 11) is 1.69. The van der Waals surface area contributed by atoms with Crippen LogP contribution in [0.4, 0.5) is 0 Å². The lowest BCUT2D eigenvalue weighted by molar-refractivity contribution is 0.415. The Morgan fingerprint density at radius 2 is 2.14 bits per heavy atom. The van der Waals surface area contributed by atoms with Crippen LogP contribution in [0.15, 0.2) is 54.9 Å². The van der Waals surface area contributed by atoms with Gasteiger partial charge < -0.3 is 14.6 Å². The van der Waals surface area contributed by atoms with Gasteiger partial charge in [-0.1, -0.05) is 6.07 Å². The molecule has 3 aromatic rings. The Bertz CT molecular complexity index is 706. The SMILES string of the molecule is COc1ccc2c(ccn2CCNCc2ccccn2)c1. The summed E-state index contributed by atoms with van der Waals surface area (Å²) in [4.78, 5) is 4.30. The molecule has 0 radical (unpaired) electrons. The largest absolute Gasteiger partial charge is 0.497 e. The fourth-order valence-electron chi connectivity index (χ4n) is 2.42. The second-order valence-corrected chi connectivity index (χ2v) is 4.93. The van der Waals surface area contributed by atoms with E-state index in [1.165, 1.54) is 10.9 Å². The normalized spacial score (nSPS) is 10.9. The van der Waals surface area contributed by atoms with Gasteiger partial charge >= 0.3 is 0 Å². The number of methoxy groups -OCH3 is 1. The van der Waals surface area contributed by atoms with Gasteiger partial charge in [-0.15, -0.1) is 0 Å². The number of ether oxygens (including phenoxy) is 1. The molecule has 4 heteroatoms. The van der Waals surface area contributed by atoms with Crippen molar-refractivity contribution in [2.75, 3.05) is 13.7 Å². The summed E-state index contributed by atoms with van der Waals surface area (Å²) in [6, 6.07) is 14.3. The van der Waals surface area contributed by atoms with E-state index >= 15 is 0 Å². The summed E-state index contributed by atoms with van der Waals surface area (Å²) in [6.07, 6.45) is 3.94. The molecule has 2 aromatic heterocycles. The molecule has 4 nitrogen and oxygen atoms in total. The first kappa shape index (κ1) is 13.6. The predicted molar refractivity (Wildman–Crippen MR) is 84.4 cm³/mol. The van der Waals surface area contributed by atoms with E-state index in [0.717, 1.165) is 31.1 Å². The Morgan fingerprint density at radius 3 is 2.95 bits per heavy atom. The van der Waals surface area contributed by atoms with Crippen LogP contribution in [0, 0.1) is 0 Å². The highest BCUT2D eigenvalue weighted by Crippen LogP contribution is 2.21. The highest BCUT2D eigenvalue weighted by atomic mass is 16.5. The van der Waals surface area contributed by atoms with Crippen LogP contribution in [0.1, 0.15) is 5.69 Å². The van der Waals surface area contributed by atoms with E-state index in [9.17, 15) is 0 Å². The molecule has 0 atom stereocenters. The quantitative estimate of drug-likeness (QED) is 0.706. The highest BCUT2D eigenvalue weighted by Gasteiger charge is 2.02. The van der Waals surface area contributed by atoms with Crippen molar-refractivity contribution < 1.29 is 4.74 Å². The minimum absolute atomic E-state index is 0.799. The molecule has 0 aliphatic rings. The van der Waals surface area contributed by atoms with E-state index in [-0.39, 0.29) is 0 Å². The minimum Gasteiger partial charge on any atom is -0.497 e. The summed E-state index contributed by atoms with van der Waals surface area (Å²) >= 11 is 0. The summed E-state index contributed by atoms with van der Waals surface area (Å²) in [5.41, 5.74) is 2.30. The lowest BCUT2D eigenvalue weighted by Crippen LogP contribution is -2.19. The maximum atomic E-state index is 5.25. The van der Waals surface area contributed by atoms with Gasteiger partial charge in [-0.3, -0.25) is 4.98 Å². The van der Waals surface area contributed by atoms with Gasteiger partial charge in [0.2, 0.25) is 0 Å². The first-order valence-corrected chi connectivity index (χ1v) is 7.10. The van der Waals surface area contributed by atoms with E-state index in [4.69, 9.17) is 4.74 Å².